The summed E-state index contributed by atoms with van der Waals surface area (Å²) in [4.78, 5) is 32.8. The first-order valence-electron chi connectivity index (χ1n) is 5.54. The highest BCUT2D eigenvalue weighted by Crippen LogP contribution is 2.21. The van der Waals surface area contributed by atoms with E-state index in [1.807, 2.05) is 0 Å². The fourth-order valence-electron chi connectivity index (χ4n) is 1.70. The Balaban J connectivity index is 2.57. The molecule has 0 unspecified atom stereocenters. The third kappa shape index (κ3) is 2.39. The summed E-state index contributed by atoms with van der Waals surface area (Å²) in [6, 6.07) is 3.82. The van der Waals surface area contributed by atoms with Gasteiger partial charge in [-0.05, 0) is 13.0 Å². The van der Waals surface area contributed by atoms with Crippen LogP contribution in [-0.4, -0.2) is 26.4 Å². The minimum atomic E-state index is -0.650. The molecule has 0 bridgehead atoms. The van der Waals surface area contributed by atoms with Gasteiger partial charge in [0.2, 0.25) is 0 Å². The molecule has 2 N–H and O–H groups in total. The summed E-state index contributed by atoms with van der Waals surface area (Å²) in [5, 5.41) is 14.6. The standard InChI is InChI=1S/C12H10N4O4/c1-7(17)10-4-9(16(19)20)2-3-11(10)15-6-8(5-14-15)12(13)18/h2-6H,1H3,(H2,13,18). The number of nitro groups is 1. The van der Waals surface area contributed by atoms with Crippen LogP contribution in [0.5, 0.6) is 0 Å². The lowest BCUT2D eigenvalue weighted by Gasteiger charge is -2.06. The van der Waals surface area contributed by atoms with Crippen molar-refractivity contribution in [2.45, 2.75) is 6.92 Å². The smallest absolute Gasteiger partial charge is 0.270 e. The molecule has 0 saturated heterocycles. The molecule has 2 aromatic rings. The molecule has 0 aliphatic heterocycles. The van der Waals surface area contributed by atoms with E-state index in [0.29, 0.717) is 5.69 Å². The van der Waals surface area contributed by atoms with Crippen LogP contribution >= 0.6 is 0 Å². The molecule has 1 amide bonds. The predicted molar refractivity (Wildman–Crippen MR) is 68.7 cm³/mol. The van der Waals surface area contributed by atoms with Crippen LogP contribution in [0.25, 0.3) is 5.69 Å². The number of carbonyl (C=O) groups is 2. The first kappa shape index (κ1) is 13.4. The first-order chi connectivity index (χ1) is 9.40. The number of Topliss-reactive ketones (excluding diaryl/α,β-unsaturated/α-hetero) is 1. The van der Waals surface area contributed by atoms with Crippen LogP contribution in [0.15, 0.2) is 30.6 Å². The van der Waals surface area contributed by atoms with Crippen LogP contribution in [-0.2, 0) is 0 Å². The van der Waals surface area contributed by atoms with Gasteiger partial charge in [0.1, 0.15) is 0 Å². The Bertz CT molecular complexity index is 720. The van der Waals surface area contributed by atoms with Gasteiger partial charge < -0.3 is 5.73 Å². The van der Waals surface area contributed by atoms with Crippen LogP contribution in [0, 0.1) is 10.1 Å². The van der Waals surface area contributed by atoms with Gasteiger partial charge in [0.05, 0.1) is 22.4 Å². The third-order valence-corrected chi connectivity index (χ3v) is 2.68. The summed E-state index contributed by atoms with van der Waals surface area (Å²) in [7, 11) is 0. The average Bonchev–Trinajstić information content (AvgIpc) is 2.87. The van der Waals surface area contributed by atoms with E-state index >= 15 is 0 Å². The van der Waals surface area contributed by atoms with Gasteiger partial charge in [0, 0.05) is 23.9 Å². The molecule has 20 heavy (non-hydrogen) atoms. The molecule has 0 saturated carbocycles. The van der Waals surface area contributed by atoms with E-state index < -0.39 is 10.8 Å². The Morgan fingerprint density at radius 1 is 1.40 bits per heavy atom. The van der Waals surface area contributed by atoms with E-state index in [0.717, 1.165) is 0 Å². The number of nitrogens with zero attached hydrogens (tertiary/aromatic N) is 3. The summed E-state index contributed by atoms with van der Waals surface area (Å²) in [5.41, 5.74) is 5.58. The fraction of sp³-hybridized carbons (Fsp3) is 0.0833. The third-order valence-electron chi connectivity index (χ3n) is 2.68. The number of nitrogens with two attached hydrogens (primary N) is 1. The topological polar surface area (TPSA) is 121 Å². The van der Waals surface area contributed by atoms with Crippen LogP contribution in [0.3, 0.4) is 0 Å². The monoisotopic (exact) mass is 274 g/mol. The van der Waals surface area contributed by atoms with Gasteiger partial charge in [0.15, 0.2) is 5.78 Å². The maximum absolute atomic E-state index is 11.6. The van der Waals surface area contributed by atoms with Crippen LogP contribution in [0.1, 0.15) is 27.6 Å². The van der Waals surface area contributed by atoms with Gasteiger partial charge in [-0.3, -0.25) is 19.7 Å². The number of ketones is 1. The molecule has 8 nitrogen and oxygen atoms in total. The fourth-order valence-corrected chi connectivity index (χ4v) is 1.70. The molecule has 1 aromatic heterocycles. The van der Waals surface area contributed by atoms with E-state index in [2.05, 4.69) is 5.10 Å². The molecule has 102 valence electrons. The summed E-state index contributed by atoms with van der Waals surface area (Å²) < 4.78 is 1.28. The number of benzene rings is 1. The molecule has 1 heterocycles. The van der Waals surface area contributed by atoms with Crippen LogP contribution < -0.4 is 5.73 Å². The minimum Gasteiger partial charge on any atom is -0.366 e. The number of nitro benzene ring substituents is 1. The minimum absolute atomic E-state index is 0.137. The normalized spacial score (nSPS) is 10.2. The zero-order valence-corrected chi connectivity index (χ0v) is 10.4. The number of aromatic nitrogens is 2. The highest BCUT2D eigenvalue weighted by atomic mass is 16.6. The second-order valence-electron chi connectivity index (χ2n) is 4.05. The van der Waals surface area contributed by atoms with Gasteiger partial charge in [0.25, 0.3) is 11.6 Å². The highest BCUT2D eigenvalue weighted by Gasteiger charge is 2.16. The molecule has 0 fully saturated rings. The Kier molecular flexibility index (Phi) is 3.30. The molecule has 1 aromatic carbocycles. The number of primary amides is 1. The van der Waals surface area contributed by atoms with Crippen LogP contribution in [0.4, 0.5) is 5.69 Å². The zero-order valence-electron chi connectivity index (χ0n) is 10.4. The molecule has 0 aliphatic carbocycles. The van der Waals surface area contributed by atoms with Crippen molar-refractivity contribution < 1.29 is 14.5 Å². The lowest BCUT2D eigenvalue weighted by atomic mass is 10.1. The molecule has 8 heteroatoms. The maximum Gasteiger partial charge on any atom is 0.270 e. The second-order valence-corrected chi connectivity index (χ2v) is 4.05. The van der Waals surface area contributed by atoms with Gasteiger partial charge in [-0.1, -0.05) is 0 Å². The first-order valence-corrected chi connectivity index (χ1v) is 5.54. The molecular formula is C12H10N4O4. The summed E-state index contributed by atoms with van der Waals surface area (Å²) >= 11 is 0. The second kappa shape index (κ2) is 4.92. The number of amides is 1. The van der Waals surface area contributed by atoms with Crippen molar-refractivity contribution in [1.82, 2.24) is 9.78 Å². The largest absolute Gasteiger partial charge is 0.366 e. The molecule has 0 spiro atoms. The Labute approximate surface area is 113 Å². The van der Waals surface area contributed by atoms with Crippen molar-refractivity contribution >= 4 is 17.4 Å². The van der Waals surface area contributed by atoms with E-state index in [9.17, 15) is 19.7 Å². The van der Waals surface area contributed by atoms with E-state index in [4.69, 9.17) is 5.73 Å². The van der Waals surface area contributed by atoms with Gasteiger partial charge in [-0.2, -0.15) is 5.10 Å². The van der Waals surface area contributed by atoms with Gasteiger partial charge in [-0.25, -0.2) is 4.68 Å². The Morgan fingerprint density at radius 2 is 2.10 bits per heavy atom. The number of non-ortho nitro benzene ring substituents is 1. The predicted octanol–water partition coefficient (Wildman–Crippen LogP) is 1.08. The zero-order chi connectivity index (χ0) is 14.9. The molecule has 0 aliphatic rings. The Hall–Kier alpha value is -3.03. The number of carbonyl (C=O) groups excluding carboxylic acids is 2. The number of hydrogen-bond donors (Lipinski definition) is 1. The summed E-state index contributed by atoms with van der Waals surface area (Å²) in [5.74, 6) is -0.998. The van der Waals surface area contributed by atoms with Crippen molar-refractivity contribution in [3.05, 3.63) is 51.8 Å². The molecule has 0 radical (unpaired) electrons. The SMILES string of the molecule is CC(=O)c1cc([N+](=O)[O-])ccc1-n1cc(C(N)=O)cn1. The van der Waals surface area contributed by atoms with Crippen molar-refractivity contribution in [1.29, 1.82) is 0 Å². The van der Waals surface area contributed by atoms with Gasteiger partial charge >= 0.3 is 0 Å². The van der Waals surface area contributed by atoms with Crippen molar-refractivity contribution in [3.63, 3.8) is 0 Å². The lowest BCUT2D eigenvalue weighted by molar-refractivity contribution is -0.384. The average molecular weight is 274 g/mol. The Morgan fingerprint density at radius 3 is 2.60 bits per heavy atom. The van der Waals surface area contributed by atoms with Crippen LogP contribution in [0.2, 0.25) is 0 Å². The number of rotatable bonds is 4. The van der Waals surface area contributed by atoms with Gasteiger partial charge in [-0.15, -0.1) is 0 Å². The van der Waals surface area contributed by atoms with Crippen molar-refractivity contribution in [2.75, 3.05) is 0 Å². The van der Waals surface area contributed by atoms with E-state index in [1.165, 1.54) is 42.2 Å². The summed E-state index contributed by atoms with van der Waals surface area (Å²) in [6.07, 6.45) is 2.61. The van der Waals surface area contributed by atoms with Crippen molar-refractivity contribution in [3.8, 4) is 5.69 Å². The quantitative estimate of drug-likeness (QED) is 0.508. The summed E-state index contributed by atoms with van der Waals surface area (Å²) in [6.45, 7) is 1.29. The molecule has 0 atom stereocenters. The molecule has 2 rings (SSSR count). The van der Waals surface area contributed by atoms with Crippen molar-refractivity contribution in [2.24, 2.45) is 5.73 Å². The highest BCUT2D eigenvalue weighted by molar-refractivity contribution is 5.98. The molecular weight excluding hydrogens is 264 g/mol. The van der Waals surface area contributed by atoms with E-state index in [1.54, 1.807) is 0 Å². The lowest BCUT2D eigenvalue weighted by Crippen LogP contribution is -2.10. The van der Waals surface area contributed by atoms with E-state index in [-0.39, 0.29) is 22.6 Å². The maximum atomic E-state index is 11.6. The number of hydrogen-bond acceptors (Lipinski definition) is 5.